The Hall–Kier alpha value is -2.29. The first-order valence-corrected chi connectivity index (χ1v) is 10.1. The van der Waals surface area contributed by atoms with Crippen LogP contribution in [0.4, 0.5) is 4.39 Å². The quantitative estimate of drug-likeness (QED) is 0.814. The van der Waals surface area contributed by atoms with Gasteiger partial charge >= 0.3 is 0 Å². The Balaban J connectivity index is 1.63. The number of ether oxygens (including phenoxy) is 1. The number of nitrogens with zero attached hydrogens (tertiary/aromatic N) is 1. The normalized spacial score (nSPS) is 15.4. The second kappa shape index (κ2) is 8.60. The maximum Gasteiger partial charge on any atom is 0.251 e. The van der Waals surface area contributed by atoms with Crippen LogP contribution in [0.15, 0.2) is 53.4 Å². The zero-order valence-electron chi connectivity index (χ0n) is 14.7. The zero-order chi connectivity index (χ0) is 19.3. The molecule has 0 saturated carbocycles. The molecule has 1 N–H and O–H groups in total. The van der Waals surface area contributed by atoms with Crippen LogP contribution in [-0.4, -0.2) is 51.5 Å². The molecule has 8 heteroatoms. The van der Waals surface area contributed by atoms with Crippen LogP contribution >= 0.6 is 0 Å². The molecule has 144 valence electrons. The van der Waals surface area contributed by atoms with Crippen molar-refractivity contribution >= 4 is 15.9 Å². The van der Waals surface area contributed by atoms with Crippen LogP contribution in [0.2, 0.25) is 0 Å². The predicted octanol–water partition coefficient (Wildman–Crippen LogP) is 1.82. The van der Waals surface area contributed by atoms with Crippen molar-refractivity contribution < 1.29 is 22.3 Å². The second-order valence-corrected chi connectivity index (χ2v) is 8.11. The third kappa shape index (κ3) is 4.91. The lowest BCUT2D eigenvalue weighted by Gasteiger charge is -2.26. The first-order valence-electron chi connectivity index (χ1n) is 8.67. The smallest absolute Gasteiger partial charge is 0.251 e. The number of hydrogen-bond donors (Lipinski definition) is 1. The number of amides is 1. The molecule has 1 saturated heterocycles. The highest BCUT2D eigenvalue weighted by Crippen LogP contribution is 2.18. The Morgan fingerprint density at radius 3 is 2.52 bits per heavy atom. The number of halogens is 1. The largest absolute Gasteiger partial charge is 0.379 e. The summed E-state index contributed by atoms with van der Waals surface area (Å²) in [5.41, 5.74) is 1.18. The van der Waals surface area contributed by atoms with E-state index in [4.69, 9.17) is 4.74 Å². The van der Waals surface area contributed by atoms with Crippen LogP contribution in [0.5, 0.6) is 0 Å². The van der Waals surface area contributed by atoms with Crippen molar-refractivity contribution in [3.05, 3.63) is 65.5 Å². The summed E-state index contributed by atoms with van der Waals surface area (Å²) in [5, 5.41) is 2.76. The summed E-state index contributed by atoms with van der Waals surface area (Å²) in [6.45, 7) is 1.70. The summed E-state index contributed by atoms with van der Waals surface area (Å²) in [7, 11) is -3.65. The highest BCUT2D eigenvalue weighted by Gasteiger charge is 2.26. The van der Waals surface area contributed by atoms with Gasteiger partial charge in [-0.15, -0.1) is 0 Å². The van der Waals surface area contributed by atoms with Gasteiger partial charge in [-0.25, -0.2) is 12.8 Å². The fourth-order valence-corrected chi connectivity index (χ4v) is 4.26. The van der Waals surface area contributed by atoms with Crippen molar-refractivity contribution in [2.24, 2.45) is 0 Å². The Morgan fingerprint density at radius 1 is 1.11 bits per heavy atom. The molecule has 1 aliphatic rings. The number of sulfonamides is 1. The monoisotopic (exact) mass is 392 g/mol. The number of morpholine rings is 1. The second-order valence-electron chi connectivity index (χ2n) is 6.18. The van der Waals surface area contributed by atoms with E-state index in [0.29, 0.717) is 39.3 Å². The summed E-state index contributed by atoms with van der Waals surface area (Å²) in [6, 6.07) is 12.1. The van der Waals surface area contributed by atoms with Gasteiger partial charge in [0.1, 0.15) is 5.82 Å². The van der Waals surface area contributed by atoms with Gasteiger partial charge < -0.3 is 10.1 Å². The number of hydrogen-bond acceptors (Lipinski definition) is 4. The number of nitrogens with one attached hydrogen (secondary N) is 1. The van der Waals surface area contributed by atoms with Crippen molar-refractivity contribution in [1.29, 1.82) is 0 Å². The van der Waals surface area contributed by atoms with Gasteiger partial charge in [0, 0.05) is 25.2 Å². The fourth-order valence-electron chi connectivity index (χ4n) is 2.81. The van der Waals surface area contributed by atoms with Crippen molar-refractivity contribution in [1.82, 2.24) is 9.62 Å². The highest BCUT2D eigenvalue weighted by molar-refractivity contribution is 7.89. The maximum absolute atomic E-state index is 12.9. The van der Waals surface area contributed by atoms with Crippen molar-refractivity contribution in [3.8, 4) is 0 Å². The molecule has 0 radical (unpaired) electrons. The van der Waals surface area contributed by atoms with Gasteiger partial charge in [0.05, 0.1) is 18.1 Å². The van der Waals surface area contributed by atoms with Crippen molar-refractivity contribution in [3.63, 3.8) is 0 Å². The van der Waals surface area contributed by atoms with E-state index in [2.05, 4.69) is 5.32 Å². The molecule has 2 aromatic carbocycles. The standard InChI is InChI=1S/C19H21FN2O4S/c20-17-6-4-15(5-7-17)8-9-21-19(23)16-2-1-3-18(14-16)27(24,25)22-10-12-26-13-11-22/h1-7,14H,8-13H2,(H,21,23). The van der Waals surface area contributed by atoms with Crippen molar-refractivity contribution in [2.75, 3.05) is 32.8 Å². The Labute approximate surface area is 158 Å². The average Bonchev–Trinajstić information content (AvgIpc) is 2.70. The molecule has 1 heterocycles. The number of rotatable bonds is 6. The summed E-state index contributed by atoms with van der Waals surface area (Å²) < 4.78 is 44.8. The third-order valence-electron chi connectivity index (χ3n) is 4.32. The minimum absolute atomic E-state index is 0.0931. The van der Waals surface area contributed by atoms with E-state index >= 15 is 0 Å². The topological polar surface area (TPSA) is 75.7 Å². The average molecular weight is 392 g/mol. The minimum Gasteiger partial charge on any atom is -0.379 e. The molecule has 1 amide bonds. The Bertz CT molecular complexity index is 894. The van der Waals surface area contributed by atoms with Gasteiger partial charge in [0.15, 0.2) is 0 Å². The van der Waals surface area contributed by atoms with Gasteiger partial charge in [-0.05, 0) is 42.3 Å². The van der Waals surface area contributed by atoms with Crippen molar-refractivity contribution in [2.45, 2.75) is 11.3 Å². The number of carbonyl (C=O) groups excluding carboxylic acids is 1. The lowest BCUT2D eigenvalue weighted by atomic mass is 10.1. The van der Waals surface area contributed by atoms with E-state index in [1.54, 1.807) is 24.3 Å². The van der Waals surface area contributed by atoms with Crippen LogP contribution < -0.4 is 5.32 Å². The molecule has 3 rings (SSSR count). The maximum atomic E-state index is 12.9. The van der Waals surface area contributed by atoms with Gasteiger partial charge in [0.25, 0.3) is 5.91 Å². The van der Waals surface area contributed by atoms with E-state index in [1.165, 1.54) is 28.6 Å². The zero-order valence-corrected chi connectivity index (χ0v) is 15.5. The first-order chi connectivity index (χ1) is 13.0. The van der Waals surface area contributed by atoms with E-state index in [0.717, 1.165) is 5.56 Å². The molecular weight excluding hydrogens is 371 g/mol. The minimum atomic E-state index is -3.65. The molecule has 2 aromatic rings. The highest BCUT2D eigenvalue weighted by atomic mass is 32.2. The molecule has 0 unspecified atom stereocenters. The third-order valence-corrected chi connectivity index (χ3v) is 6.21. The number of carbonyl (C=O) groups is 1. The van der Waals surface area contributed by atoms with E-state index in [9.17, 15) is 17.6 Å². The van der Waals surface area contributed by atoms with Crippen LogP contribution in [0, 0.1) is 5.82 Å². The first kappa shape index (κ1) is 19.5. The summed E-state index contributed by atoms with van der Waals surface area (Å²) in [5.74, 6) is -0.655. The Kier molecular flexibility index (Phi) is 6.20. The van der Waals surface area contributed by atoms with E-state index in [1.807, 2.05) is 0 Å². The summed E-state index contributed by atoms with van der Waals surface area (Å²) in [4.78, 5) is 12.4. The molecule has 6 nitrogen and oxygen atoms in total. The number of benzene rings is 2. The Morgan fingerprint density at radius 2 is 1.81 bits per heavy atom. The molecule has 1 fully saturated rings. The molecule has 0 bridgehead atoms. The molecule has 1 aliphatic heterocycles. The molecular formula is C19H21FN2O4S. The van der Waals surface area contributed by atoms with E-state index in [-0.39, 0.29) is 22.2 Å². The lowest BCUT2D eigenvalue weighted by Crippen LogP contribution is -2.40. The van der Waals surface area contributed by atoms with Gasteiger partial charge in [0.2, 0.25) is 10.0 Å². The van der Waals surface area contributed by atoms with Crippen LogP contribution in [0.25, 0.3) is 0 Å². The summed E-state index contributed by atoms with van der Waals surface area (Å²) in [6.07, 6.45) is 0.553. The molecule has 0 spiro atoms. The van der Waals surface area contributed by atoms with Crippen LogP contribution in [0.3, 0.4) is 0 Å². The molecule has 0 aromatic heterocycles. The van der Waals surface area contributed by atoms with Crippen LogP contribution in [0.1, 0.15) is 15.9 Å². The van der Waals surface area contributed by atoms with Crippen LogP contribution in [-0.2, 0) is 21.2 Å². The summed E-state index contributed by atoms with van der Waals surface area (Å²) >= 11 is 0. The van der Waals surface area contributed by atoms with Gasteiger partial charge in [-0.3, -0.25) is 4.79 Å². The predicted molar refractivity (Wildman–Crippen MR) is 98.5 cm³/mol. The fraction of sp³-hybridized carbons (Fsp3) is 0.316. The lowest BCUT2D eigenvalue weighted by molar-refractivity contribution is 0.0730. The van der Waals surface area contributed by atoms with Gasteiger partial charge in [-0.2, -0.15) is 4.31 Å². The molecule has 0 aliphatic carbocycles. The SMILES string of the molecule is O=C(NCCc1ccc(F)cc1)c1cccc(S(=O)(=O)N2CCOCC2)c1. The van der Waals surface area contributed by atoms with Gasteiger partial charge in [-0.1, -0.05) is 18.2 Å². The van der Waals surface area contributed by atoms with E-state index < -0.39 is 10.0 Å². The molecule has 0 atom stereocenters. The molecule has 27 heavy (non-hydrogen) atoms.